The van der Waals surface area contributed by atoms with Crippen LogP contribution in [0.25, 0.3) is 0 Å². The number of rotatable bonds is 8. The van der Waals surface area contributed by atoms with Crippen LogP contribution in [-0.2, 0) is 4.79 Å². The molecule has 0 unspecified atom stereocenters. The smallest absolute Gasteiger partial charge is 0.220 e. The maximum absolute atomic E-state index is 11.9. The van der Waals surface area contributed by atoms with E-state index < -0.39 is 0 Å². The number of amides is 1. The molecule has 0 aliphatic carbocycles. The number of carbonyl (C=O) groups is 2. The van der Waals surface area contributed by atoms with Crippen molar-refractivity contribution in [3.05, 3.63) is 34.9 Å². The van der Waals surface area contributed by atoms with Gasteiger partial charge in [0, 0.05) is 36.0 Å². The van der Waals surface area contributed by atoms with E-state index in [0.717, 1.165) is 6.54 Å². The van der Waals surface area contributed by atoms with E-state index in [-0.39, 0.29) is 30.6 Å². The van der Waals surface area contributed by atoms with Crippen molar-refractivity contribution in [3.63, 3.8) is 0 Å². The van der Waals surface area contributed by atoms with E-state index in [1.54, 1.807) is 24.3 Å². The summed E-state index contributed by atoms with van der Waals surface area (Å²) in [5.74, 6) is -0.145. The van der Waals surface area contributed by atoms with Crippen LogP contribution in [0.4, 0.5) is 0 Å². The van der Waals surface area contributed by atoms with Gasteiger partial charge in [-0.05, 0) is 37.7 Å². The van der Waals surface area contributed by atoms with Gasteiger partial charge in [0.25, 0.3) is 0 Å². The lowest BCUT2D eigenvalue weighted by Crippen LogP contribution is -2.38. The highest BCUT2D eigenvalue weighted by Gasteiger charge is 2.10. The molecular formula is C15H21ClN2O2. The normalized spacial score (nSPS) is 11.9. The van der Waals surface area contributed by atoms with E-state index in [2.05, 4.69) is 10.6 Å². The monoisotopic (exact) mass is 296 g/mol. The van der Waals surface area contributed by atoms with E-state index in [9.17, 15) is 9.59 Å². The molecule has 5 heteroatoms. The number of hydrogen-bond donors (Lipinski definition) is 2. The summed E-state index contributed by atoms with van der Waals surface area (Å²) in [6.45, 7) is 5.46. The maximum atomic E-state index is 11.9. The van der Waals surface area contributed by atoms with E-state index in [0.29, 0.717) is 17.1 Å². The van der Waals surface area contributed by atoms with Gasteiger partial charge in [0.1, 0.15) is 0 Å². The van der Waals surface area contributed by atoms with Gasteiger partial charge in [-0.3, -0.25) is 9.59 Å². The zero-order valence-corrected chi connectivity index (χ0v) is 12.7. The van der Waals surface area contributed by atoms with Crippen molar-refractivity contribution in [1.82, 2.24) is 10.6 Å². The average molecular weight is 297 g/mol. The Balaban J connectivity index is 2.30. The van der Waals surface area contributed by atoms with Crippen LogP contribution in [0.2, 0.25) is 5.02 Å². The molecule has 4 nitrogen and oxygen atoms in total. The van der Waals surface area contributed by atoms with Crippen LogP contribution >= 0.6 is 11.6 Å². The minimum Gasteiger partial charge on any atom is -0.355 e. The Labute approximate surface area is 124 Å². The molecule has 1 atom stereocenters. The number of carbonyl (C=O) groups excluding carboxylic acids is 2. The third-order valence-corrected chi connectivity index (χ3v) is 3.16. The second-order valence-corrected chi connectivity index (χ2v) is 5.13. The largest absolute Gasteiger partial charge is 0.355 e. The minimum atomic E-state index is -0.0999. The summed E-state index contributed by atoms with van der Waals surface area (Å²) < 4.78 is 0. The molecule has 1 aromatic rings. The molecule has 0 aliphatic rings. The molecular weight excluding hydrogens is 276 g/mol. The van der Waals surface area contributed by atoms with E-state index in [4.69, 9.17) is 11.6 Å². The maximum Gasteiger partial charge on any atom is 0.220 e. The Bertz CT molecular complexity index is 446. The summed E-state index contributed by atoms with van der Waals surface area (Å²) in [5, 5.41) is 6.61. The van der Waals surface area contributed by atoms with E-state index in [1.807, 2.05) is 13.8 Å². The first-order valence-corrected chi connectivity index (χ1v) is 7.19. The SMILES string of the molecule is CCN[C@H](C)CNC(=O)CCC(=O)c1ccc(Cl)cc1. The lowest BCUT2D eigenvalue weighted by atomic mass is 10.1. The van der Waals surface area contributed by atoms with Gasteiger partial charge in [-0.1, -0.05) is 18.5 Å². The third-order valence-electron chi connectivity index (χ3n) is 2.90. The molecule has 0 bridgehead atoms. The zero-order valence-electron chi connectivity index (χ0n) is 11.9. The van der Waals surface area contributed by atoms with Crippen LogP contribution in [0.1, 0.15) is 37.0 Å². The fourth-order valence-electron chi connectivity index (χ4n) is 1.78. The number of likely N-dealkylation sites (N-methyl/N-ethyl adjacent to an activating group) is 1. The van der Waals surface area contributed by atoms with Gasteiger partial charge in [-0.2, -0.15) is 0 Å². The van der Waals surface area contributed by atoms with E-state index in [1.165, 1.54) is 0 Å². The predicted octanol–water partition coefficient (Wildman–Crippen LogP) is 2.42. The van der Waals surface area contributed by atoms with Crippen LogP contribution < -0.4 is 10.6 Å². The summed E-state index contributed by atoms with van der Waals surface area (Å²) in [5.41, 5.74) is 0.586. The molecule has 0 heterocycles. The molecule has 0 spiro atoms. The van der Waals surface area contributed by atoms with Gasteiger partial charge in [0.05, 0.1) is 0 Å². The molecule has 1 aromatic carbocycles. The van der Waals surface area contributed by atoms with Crippen LogP contribution in [0.15, 0.2) is 24.3 Å². The second kappa shape index (κ2) is 8.72. The predicted molar refractivity (Wildman–Crippen MR) is 81.2 cm³/mol. The quantitative estimate of drug-likeness (QED) is 0.724. The summed E-state index contributed by atoms with van der Waals surface area (Å²) in [4.78, 5) is 23.5. The minimum absolute atomic E-state index is 0.0449. The lowest BCUT2D eigenvalue weighted by molar-refractivity contribution is -0.121. The highest BCUT2D eigenvalue weighted by molar-refractivity contribution is 6.30. The molecule has 0 saturated carbocycles. The summed E-state index contributed by atoms with van der Waals surface area (Å²) in [6, 6.07) is 6.93. The Kier molecular flexibility index (Phi) is 7.26. The highest BCUT2D eigenvalue weighted by Crippen LogP contribution is 2.11. The Morgan fingerprint density at radius 3 is 2.45 bits per heavy atom. The van der Waals surface area contributed by atoms with Crippen molar-refractivity contribution in [2.24, 2.45) is 0 Å². The number of Topliss-reactive ketones (excluding diaryl/α,β-unsaturated/α-hetero) is 1. The number of hydrogen-bond acceptors (Lipinski definition) is 3. The second-order valence-electron chi connectivity index (χ2n) is 4.69. The molecule has 0 aliphatic heterocycles. The third kappa shape index (κ3) is 6.17. The first-order valence-electron chi connectivity index (χ1n) is 6.81. The van der Waals surface area contributed by atoms with Crippen molar-refractivity contribution in [2.75, 3.05) is 13.1 Å². The molecule has 0 saturated heterocycles. The van der Waals surface area contributed by atoms with Crippen molar-refractivity contribution in [1.29, 1.82) is 0 Å². The van der Waals surface area contributed by atoms with Crippen LogP contribution in [0, 0.1) is 0 Å². The standard InChI is InChI=1S/C15H21ClN2O2/c1-3-17-11(2)10-18-15(20)9-8-14(19)12-4-6-13(16)7-5-12/h4-7,11,17H,3,8-10H2,1-2H3,(H,18,20)/t11-/m1/s1. The zero-order chi connectivity index (χ0) is 15.0. The Morgan fingerprint density at radius 1 is 1.20 bits per heavy atom. The average Bonchev–Trinajstić information content (AvgIpc) is 2.43. The van der Waals surface area contributed by atoms with Gasteiger partial charge >= 0.3 is 0 Å². The fraction of sp³-hybridized carbons (Fsp3) is 0.467. The molecule has 0 fully saturated rings. The first kappa shape index (κ1) is 16.7. The topological polar surface area (TPSA) is 58.2 Å². The summed E-state index contributed by atoms with van der Waals surface area (Å²) in [6.07, 6.45) is 0.420. The molecule has 2 N–H and O–H groups in total. The number of benzene rings is 1. The van der Waals surface area contributed by atoms with Gasteiger partial charge < -0.3 is 10.6 Å². The van der Waals surface area contributed by atoms with Crippen LogP contribution in [0.3, 0.4) is 0 Å². The number of halogens is 1. The van der Waals surface area contributed by atoms with Crippen LogP contribution in [0.5, 0.6) is 0 Å². The van der Waals surface area contributed by atoms with Gasteiger partial charge in [-0.15, -0.1) is 0 Å². The molecule has 110 valence electrons. The van der Waals surface area contributed by atoms with Crippen LogP contribution in [-0.4, -0.2) is 30.8 Å². The molecule has 20 heavy (non-hydrogen) atoms. The van der Waals surface area contributed by atoms with Gasteiger partial charge in [0.2, 0.25) is 5.91 Å². The molecule has 0 aromatic heterocycles. The Morgan fingerprint density at radius 2 is 1.85 bits per heavy atom. The lowest BCUT2D eigenvalue weighted by Gasteiger charge is -2.13. The van der Waals surface area contributed by atoms with Gasteiger partial charge in [-0.25, -0.2) is 0 Å². The summed E-state index contributed by atoms with van der Waals surface area (Å²) in [7, 11) is 0. The molecule has 0 radical (unpaired) electrons. The first-order chi connectivity index (χ1) is 9.52. The highest BCUT2D eigenvalue weighted by atomic mass is 35.5. The number of nitrogens with one attached hydrogen (secondary N) is 2. The van der Waals surface area contributed by atoms with Crippen molar-refractivity contribution >= 4 is 23.3 Å². The molecule has 1 amide bonds. The Hall–Kier alpha value is -1.39. The van der Waals surface area contributed by atoms with Gasteiger partial charge in [0.15, 0.2) is 5.78 Å². The number of ketones is 1. The van der Waals surface area contributed by atoms with Crippen molar-refractivity contribution in [2.45, 2.75) is 32.7 Å². The van der Waals surface area contributed by atoms with E-state index >= 15 is 0 Å². The summed E-state index contributed by atoms with van der Waals surface area (Å²) >= 11 is 5.76. The van der Waals surface area contributed by atoms with Crippen molar-refractivity contribution < 1.29 is 9.59 Å². The van der Waals surface area contributed by atoms with Crippen molar-refractivity contribution in [3.8, 4) is 0 Å². The molecule has 1 rings (SSSR count). The fourth-order valence-corrected chi connectivity index (χ4v) is 1.91.